The Kier molecular flexibility index (Phi) is 6.30. The Morgan fingerprint density at radius 2 is 1.80 bits per heavy atom. The molecular formula is C16H13N8NaO10. The molecule has 0 radical (unpaired) electrons. The first-order valence-corrected chi connectivity index (χ1v) is 9.56. The summed E-state index contributed by atoms with van der Waals surface area (Å²) in [5.41, 5.74) is 4.25. The topological polar surface area (TPSA) is 250 Å². The molecule has 2 aliphatic heterocycles. The van der Waals surface area contributed by atoms with Gasteiger partial charge in [0, 0.05) is 4.92 Å². The van der Waals surface area contributed by atoms with Gasteiger partial charge in [-0.15, -0.1) is 6.61 Å². The molecule has 35 heavy (non-hydrogen) atoms. The maximum atomic E-state index is 11.8. The van der Waals surface area contributed by atoms with E-state index in [-0.39, 0.29) is 46.5 Å². The molecule has 18 nitrogen and oxygen atoms in total. The van der Waals surface area contributed by atoms with Crippen LogP contribution in [0, 0.1) is 30.3 Å². The fraction of sp³-hybridized carbons (Fsp3) is 0.438. The van der Waals surface area contributed by atoms with Gasteiger partial charge in [0.2, 0.25) is 0 Å². The van der Waals surface area contributed by atoms with Crippen LogP contribution in [0.4, 0.5) is 5.82 Å². The van der Waals surface area contributed by atoms with Crippen molar-refractivity contribution >= 4 is 17.0 Å². The monoisotopic (exact) mass is 500 g/mol. The molecule has 1 aliphatic carbocycles. The van der Waals surface area contributed by atoms with E-state index in [1.54, 1.807) is 0 Å². The first-order valence-electron chi connectivity index (χ1n) is 9.56. The molecule has 2 N–H and O–H groups in total. The van der Waals surface area contributed by atoms with E-state index in [2.05, 4.69) is 15.0 Å². The van der Waals surface area contributed by atoms with E-state index in [0.29, 0.717) is 12.2 Å². The second kappa shape index (κ2) is 8.82. The number of ether oxygens (including phenoxy) is 3. The molecule has 19 heteroatoms. The smallest absolute Gasteiger partial charge is 0.853 e. The molecule has 0 aromatic carbocycles. The molecule has 2 aromatic heterocycles. The Hall–Kier alpha value is -3.13. The Balaban J connectivity index is 0.00000289. The summed E-state index contributed by atoms with van der Waals surface area (Å²) in [5, 5.41) is 46.7. The maximum Gasteiger partial charge on any atom is 1.00 e. The van der Waals surface area contributed by atoms with Crippen molar-refractivity contribution in [2.75, 3.05) is 12.3 Å². The van der Waals surface area contributed by atoms with Crippen LogP contribution in [0.25, 0.3) is 11.2 Å². The van der Waals surface area contributed by atoms with Crippen molar-refractivity contribution < 1.29 is 63.6 Å². The van der Waals surface area contributed by atoms with Crippen LogP contribution in [0.2, 0.25) is 0 Å². The molecule has 5 rings (SSSR count). The number of nitrogen functional groups attached to an aromatic ring is 1. The molecule has 0 bridgehead atoms. The number of aromatic nitrogens is 4. The summed E-state index contributed by atoms with van der Waals surface area (Å²) in [5.74, 6) is -2.60. The van der Waals surface area contributed by atoms with Gasteiger partial charge in [0.25, 0.3) is 5.70 Å². The molecular weight excluding hydrogens is 487 g/mol. The number of imidazole rings is 1. The fourth-order valence-electron chi connectivity index (χ4n) is 4.29. The normalized spacial score (nSPS) is 31.5. The summed E-state index contributed by atoms with van der Waals surface area (Å²) in [6, 6.07) is -2.16. The zero-order chi connectivity index (χ0) is 24.4. The summed E-state index contributed by atoms with van der Waals surface area (Å²) >= 11 is 0. The van der Waals surface area contributed by atoms with Gasteiger partial charge < -0.3 is 25.1 Å². The SMILES string of the molecule is Nc1ncnc2c1ncn2[C@@H]1O[C@H](C[O-])[C@H]2OC3(O[C@H]21)C([N+](=O)[O-])=CC([N+](=O)[O-])=CC3[N+](=O)[O-].[Na+]. The van der Waals surface area contributed by atoms with E-state index in [0.717, 1.165) is 6.33 Å². The van der Waals surface area contributed by atoms with Crippen LogP contribution in [0.5, 0.6) is 0 Å². The minimum absolute atomic E-state index is 0. The zero-order valence-electron chi connectivity index (χ0n) is 17.7. The van der Waals surface area contributed by atoms with Gasteiger partial charge in [-0.25, -0.2) is 15.0 Å². The third-order valence-electron chi connectivity index (χ3n) is 5.73. The summed E-state index contributed by atoms with van der Waals surface area (Å²) in [6.45, 7) is -0.877. The number of hydrogen-bond acceptors (Lipinski definition) is 14. The molecule has 6 atom stereocenters. The molecule has 3 aliphatic rings. The third kappa shape index (κ3) is 3.66. The van der Waals surface area contributed by atoms with Gasteiger partial charge in [0.1, 0.15) is 24.1 Å². The molecule has 2 unspecified atom stereocenters. The molecule has 4 heterocycles. The predicted octanol–water partition coefficient (Wildman–Crippen LogP) is -4.87. The Labute approximate surface area is 215 Å². The Morgan fingerprint density at radius 1 is 1.09 bits per heavy atom. The maximum absolute atomic E-state index is 11.8. The number of rotatable bonds is 5. The van der Waals surface area contributed by atoms with Crippen molar-refractivity contribution in [3.05, 3.63) is 66.5 Å². The average Bonchev–Trinajstić information content (AvgIpc) is 3.46. The number of fused-ring (bicyclic) bond motifs is 2. The van der Waals surface area contributed by atoms with Gasteiger partial charge in [-0.3, -0.25) is 34.9 Å². The van der Waals surface area contributed by atoms with Gasteiger partial charge in [-0.05, 0) is 0 Å². The number of nitrogens with zero attached hydrogens (tertiary/aromatic N) is 7. The van der Waals surface area contributed by atoms with Gasteiger partial charge >= 0.3 is 47.1 Å². The number of allylic oxidation sites excluding steroid dienone is 1. The molecule has 178 valence electrons. The molecule has 0 amide bonds. The van der Waals surface area contributed by atoms with E-state index >= 15 is 0 Å². The third-order valence-corrected chi connectivity index (χ3v) is 5.73. The van der Waals surface area contributed by atoms with Crippen LogP contribution in [0.3, 0.4) is 0 Å². The number of hydrogen-bond donors (Lipinski definition) is 1. The first-order chi connectivity index (χ1) is 16.2. The molecule has 1 spiro atoms. The average molecular weight is 500 g/mol. The summed E-state index contributed by atoms with van der Waals surface area (Å²) in [7, 11) is 0. The Bertz CT molecular complexity index is 1300. The van der Waals surface area contributed by atoms with Crippen LogP contribution in [0.15, 0.2) is 36.2 Å². The van der Waals surface area contributed by atoms with E-state index < -0.39 is 69.1 Å². The molecule has 2 aromatic rings. The van der Waals surface area contributed by atoms with Crippen LogP contribution in [-0.4, -0.2) is 71.0 Å². The summed E-state index contributed by atoms with van der Waals surface area (Å²) in [6.07, 6.45) is -1.43. The van der Waals surface area contributed by atoms with E-state index in [1.807, 2.05) is 0 Å². The van der Waals surface area contributed by atoms with Crippen LogP contribution < -0.4 is 40.4 Å². The first kappa shape index (κ1) is 25.0. The van der Waals surface area contributed by atoms with Crippen molar-refractivity contribution in [3.8, 4) is 0 Å². The Morgan fingerprint density at radius 3 is 2.43 bits per heavy atom. The number of nitro groups is 3. The molecule has 2 saturated heterocycles. The van der Waals surface area contributed by atoms with E-state index in [4.69, 9.17) is 19.9 Å². The second-order valence-corrected chi connectivity index (χ2v) is 7.51. The number of anilines is 1. The zero-order valence-corrected chi connectivity index (χ0v) is 19.7. The predicted molar refractivity (Wildman–Crippen MR) is 102 cm³/mol. The van der Waals surface area contributed by atoms with Gasteiger partial charge in [-0.1, -0.05) is 0 Å². The van der Waals surface area contributed by atoms with Crippen LogP contribution >= 0.6 is 0 Å². The van der Waals surface area contributed by atoms with Crippen molar-refractivity contribution in [1.82, 2.24) is 19.5 Å². The number of nitrogens with two attached hydrogens (primary N) is 1. The fourth-order valence-corrected chi connectivity index (χ4v) is 4.29. The largest absolute Gasteiger partial charge is 1.00 e. The van der Waals surface area contributed by atoms with E-state index in [1.165, 1.54) is 10.9 Å². The van der Waals surface area contributed by atoms with Gasteiger partial charge in [-0.2, -0.15) is 0 Å². The van der Waals surface area contributed by atoms with Crippen molar-refractivity contribution in [2.24, 2.45) is 0 Å². The minimum Gasteiger partial charge on any atom is -0.853 e. The van der Waals surface area contributed by atoms with Crippen LogP contribution in [-0.2, 0) is 14.2 Å². The quantitative estimate of drug-likeness (QED) is 0.230. The van der Waals surface area contributed by atoms with Crippen molar-refractivity contribution in [3.63, 3.8) is 0 Å². The van der Waals surface area contributed by atoms with Crippen LogP contribution in [0.1, 0.15) is 6.23 Å². The van der Waals surface area contributed by atoms with Crippen molar-refractivity contribution in [2.45, 2.75) is 36.4 Å². The van der Waals surface area contributed by atoms with Crippen molar-refractivity contribution in [1.29, 1.82) is 0 Å². The second-order valence-electron chi connectivity index (χ2n) is 7.51. The summed E-state index contributed by atoms with van der Waals surface area (Å²) < 4.78 is 18.6. The summed E-state index contributed by atoms with van der Waals surface area (Å²) in [4.78, 5) is 43.8. The standard InChI is InChI=1S/C16H13N8O10.Na/c17-13-10-14(19-4-18-13)21(5-20-10)15-12-11(7(3-25)32-15)33-16(34-12)8(23(28)29)1-6(22(26)27)2-9(16)24(30)31;/h1-2,4-5,7-8,11-12,15H,3H2,(H2,17,18,19);/q-1;+1/t7-,8?,11-,12-,15-,16?;/m1./s1. The molecule has 0 saturated carbocycles. The van der Waals surface area contributed by atoms with Gasteiger partial charge in [0.15, 0.2) is 17.7 Å². The van der Waals surface area contributed by atoms with E-state index in [9.17, 15) is 35.4 Å². The minimum atomic E-state index is -2.65. The van der Waals surface area contributed by atoms with Gasteiger partial charge in [0.05, 0.1) is 34.4 Å². The molecule has 2 fully saturated rings.